The first-order valence-electron chi connectivity index (χ1n) is 6.08. The highest BCUT2D eigenvalue weighted by molar-refractivity contribution is 5.27. The number of ether oxygens (including phenoxy) is 1. The standard InChI is InChI=1S/C13H20N2O2/c14-17-8-5-12-3-1-2-4-13(12)11-15-6-9-16-10-7-15/h1-4H,5-11,14H2. The zero-order chi connectivity index (χ0) is 11.9. The molecular formula is C13H20N2O2. The molecule has 1 fully saturated rings. The van der Waals surface area contributed by atoms with Gasteiger partial charge in [-0.3, -0.25) is 4.90 Å². The Morgan fingerprint density at radius 3 is 2.59 bits per heavy atom. The molecule has 0 aliphatic carbocycles. The van der Waals surface area contributed by atoms with Gasteiger partial charge in [-0.05, 0) is 17.5 Å². The van der Waals surface area contributed by atoms with E-state index in [9.17, 15) is 0 Å². The van der Waals surface area contributed by atoms with E-state index in [1.165, 1.54) is 11.1 Å². The molecule has 1 aliphatic heterocycles. The van der Waals surface area contributed by atoms with Crippen molar-refractivity contribution >= 4 is 0 Å². The topological polar surface area (TPSA) is 47.7 Å². The second-order valence-electron chi connectivity index (χ2n) is 4.28. The molecule has 0 bridgehead atoms. The van der Waals surface area contributed by atoms with E-state index >= 15 is 0 Å². The summed E-state index contributed by atoms with van der Waals surface area (Å²) >= 11 is 0. The van der Waals surface area contributed by atoms with Crippen LogP contribution in [0.4, 0.5) is 0 Å². The maximum absolute atomic E-state index is 5.35. The summed E-state index contributed by atoms with van der Waals surface area (Å²) in [4.78, 5) is 7.08. The molecule has 0 aromatic heterocycles. The van der Waals surface area contributed by atoms with Gasteiger partial charge in [0, 0.05) is 19.6 Å². The molecule has 94 valence electrons. The molecule has 0 radical (unpaired) electrons. The maximum Gasteiger partial charge on any atom is 0.0719 e. The first-order valence-corrected chi connectivity index (χ1v) is 6.08. The Morgan fingerprint density at radius 1 is 1.18 bits per heavy atom. The highest BCUT2D eigenvalue weighted by Gasteiger charge is 2.12. The predicted octanol–water partition coefficient (Wildman–Crippen LogP) is 0.952. The fourth-order valence-electron chi connectivity index (χ4n) is 2.12. The van der Waals surface area contributed by atoms with E-state index in [0.29, 0.717) is 6.61 Å². The summed E-state index contributed by atoms with van der Waals surface area (Å²) in [5.74, 6) is 5.08. The average Bonchev–Trinajstić information content (AvgIpc) is 2.39. The van der Waals surface area contributed by atoms with E-state index in [-0.39, 0.29) is 0 Å². The molecule has 2 rings (SSSR count). The second-order valence-corrected chi connectivity index (χ2v) is 4.28. The van der Waals surface area contributed by atoms with Gasteiger partial charge in [0.25, 0.3) is 0 Å². The molecule has 4 heteroatoms. The third kappa shape index (κ3) is 3.78. The minimum absolute atomic E-state index is 0.570. The normalized spacial score (nSPS) is 17.2. The van der Waals surface area contributed by atoms with Crippen LogP contribution in [-0.2, 0) is 22.5 Å². The molecule has 0 atom stereocenters. The van der Waals surface area contributed by atoms with Crippen LogP contribution in [0.25, 0.3) is 0 Å². The van der Waals surface area contributed by atoms with E-state index < -0.39 is 0 Å². The smallest absolute Gasteiger partial charge is 0.0719 e. The summed E-state index contributed by atoms with van der Waals surface area (Å²) in [6, 6.07) is 8.48. The fourth-order valence-corrected chi connectivity index (χ4v) is 2.12. The monoisotopic (exact) mass is 236 g/mol. The van der Waals surface area contributed by atoms with E-state index in [2.05, 4.69) is 34.0 Å². The Bertz CT molecular complexity index is 338. The van der Waals surface area contributed by atoms with Crippen molar-refractivity contribution in [1.82, 2.24) is 4.90 Å². The van der Waals surface area contributed by atoms with Crippen molar-refractivity contribution < 1.29 is 9.57 Å². The zero-order valence-corrected chi connectivity index (χ0v) is 10.1. The van der Waals surface area contributed by atoms with E-state index in [0.717, 1.165) is 39.3 Å². The number of hydrogen-bond donors (Lipinski definition) is 1. The summed E-state index contributed by atoms with van der Waals surface area (Å²) in [7, 11) is 0. The van der Waals surface area contributed by atoms with E-state index in [1.807, 2.05) is 0 Å². The lowest BCUT2D eigenvalue weighted by Crippen LogP contribution is -2.35. The summed E-state index contributed by atoms with van der Waals surface area (Å²) in [6.45, 7) is 5.27. The van der Waals surface area contributed by atoms with Crippen molar-refractivity contribution in [3.05, 3.63) is 35.4 Å². The highest BCUT2D eigenvalue weighted by Crippen LogP contribution is 2.13. The summed E-state index contributed by atoms with van der Waals surface area (Å²) in [6.07, 6.45) is 0.872. The number of hydrogen-bond acceptors (Lipinski definition) is 4. The number of nitrogens with zero attached hydrogens (tertiary/aromatic N) is 1. The van der Waals surface area contributed by atoms with Crippen LogP contribution in [0.2, 0.25) is 0 Å². The summed E-state index contributed by atoms with van der Waals surface area (Å²) in [5.41, 5.74) is 2.69. The molecule has 0 spiro atoms. The van der Waals surface area contributed by atoms with Crippen LogP contribution in [0, 0.1) is 0 Å². The third-order valence-corrected chi connectivity index (χ3v) is 3.11. The minimum atomic E-state index is 0.570. The number of morpholine rings is 1. The minimum Gasteiger partial charge on any atom is -0.379 e. The molecule has 1 aromatic carbocycles. The first-order chi connectivity index (χ1) is 8.40. The summed E-state index contributed by atoms with van der Waals surface area (Å²) < 4.78 is 5.35. The summed E-state index contributed by atoms with van der Waals surface area (Å²) in [5, 5.41) is 0. The lowest BCUT2D eigenvalue weighted by molar-refractivity contribution is 0.0340. The first kappa shape index (κ1) is 12.5. The Balaban J connectivity index is 1.98. The molecular weight excluding hydrogens is 216 g/mol. The quantitative estimate of drug-likeness (QED) is 0.773. The van der Waals surface area contributed by atoms with Crippen LogP contribution in [0.5, 0.6) is 0 Å². The van der Waals surface area contributed by atoms with E-state index in [4.69, 9.17) is 10.6 Å². The Kier molecular flexibility index (Phi) is 4.94. The Hall–Kier alpha value is -0.940. The molecule has 1 saturated heterocycles. The van der Waals surface area contributed by atoms with Gasteiger partial charge in [0.15, 0.2) is 0 Å². The molecule has 0 saturated carbocycles. The lowest BCUT2D eigenvalue weighted by atomic mass is 10.0. The molecule has 0 amide bonds. The molecule has 1 aliphatic rings. The Morgan fingerprint density at radius 2 is 1.88 bits per heavy atom. The van der Waals surface area contributed by atoms with Gasteiger partial charge in [-0.1, -0.05) is 24.3 Å². The molecule has 4 nitrogen and oxygen atoms in total. The molecule has 2 N–H and O–H groups in total. The van der Waals surface area contributed by atoms with Crippen molar-refractivity contribution in [2.75, 3.05) is 32.9 Å². The molecule has 1 heterocycles. The second kappa shape index (κ2) is 6.71. The van der Waals surface area contributed by atoms with Gasteiger partial charge < -0.3 is 9.57 Å². The molecule has 1 aromatic rings. The number of benzene rings is 1. The van der Waals surface area contributed by atoms with Crippen molar-refractivity contribution in [2.24, 2.45) is 5.90 Å². The average molecular weight is 236 g/mol. The van der Waals surface area contributed by atoms with Crippen molar-refractivity contribution in [1.29, 1.82) is 0 Å². The van der Waals surface area contributed by atoms with Gasteiger partial charge in [0.1, 0.15) is 0 Å². The van der Waals surface area contributed by atoms with Gasteiger partial charge in [0.05, 0.1) is 19.8 Å². The third-order valence-electron chi connectivity index (χ3n) is 3.11. The fraction of sp³-hybridized carbons (Fsp3) is 0.538. The van der Waals surface area contributed by atoms with Crippen LogP contribution < -0.4 is 5.90 Å². The van der Waals surface area contributed by atoms with E-state index in [1.54, 1.807) is 0 Å². The highest BCUT2D eigenvalue weighted by atomic mass is 16.6. The maximum atomic E-state index is 5.35. The van der Waals surface area contributed by atoms with Crippen LogP contribution in [0.3, 0.4) is 0 Å². The number of nitrogens with two attached hydrogens (primary N) is 1. The van der Waals surface area contributed by atoms with Crippen LogP contribution in [0.15, 0.2) is 24.3 Å². The lowest BCUT2D eigenvalue weighted by Gasteiger charge is -2.27. The van der Waals surface area contributed by atoms with Gasteiger partial charge in [-0.2, -0.15) is 0 Å². The van der Waals surface area contributed by atoms with Gasteiger partial charge >= 0.3 is 0 Å². The van der Waals surface area contributed by atoms with Gasteiger partial charge in [-0.15, -0.1) is 0 Å². The van der Waals surface area contributed by atoms with Crippen molar-refractivity contribution in [2.45, 2.75) is 13.0 Å². The van der Waals surface area contributed by atoms with Crippen molar-refractivity contribution in [3.63, 3.8) is 0 Å². The van der Waals surface area contributed by atoms with Crippen LogP contribution in [0.1, 0.15) is 11.1 Å². The molecule has 0 unspecified atom stereocenters. The largest absolute Gasteiger partial charge is 0.379 e. The molecule has 17 heavy (non-hydrogen) atoms. The SMILES string of the molecule is NOCCc1ccccc1CN1CCOCC1. The number of rotatable bonds is 5. The van der Waals surface area contributed by atoms with Crippen LogP contribution in [-0.4, -0.2) is 37.8 Å². The zero-order valence-electron chi connectivity index (χ0n) is 10.1. The van der Waals surface area contributed by atoms with Crippen LogP contribution >= 0.6 is 0 Å². The van der Waals surface area contributed by atoms with Gasteiger partial charge in [-0.25, -0.2) is 5.90 Å². The predicted molar refractivity (Wildman–Crippen MR) is 66.4 cm³/mol. The van der Waals surface area contributed by atoms with Gasteiger partial charge in [0.2, 0.25) is 0 Å². The Labute approximate surface area is 102 Å². The van der Waals surface area contributed by atoms with Crippen molar-refractivity contribution in [3.8, 4) is 0 Å².